The van der Waals surface area contributed by atoms with Crippen molar-refractivity contribution in [2.45, 2.75) is 6.54 Å². The zero-order valence-corrected chi connectivity index (χ0v) is 10.5. The Morgan fingerprint density at radius 3 is 2.72 bits per heavy atom. The lowest BCUT2D eigenvalue weighted by molar-refractivity contribution is 0.106. The second kappa shape index (κ2) is 8.52. The summed E-state index contributed by atoms with van der Waals surface area (Å²) in [6.45, 7) is 6.16. The highest BCUT2D eigenvalue weighted by atomic mass is 16.5. The summed E-state index contributed by atoms with van der Waals surface area (Å²) in [7, 11) is 0. The Kier molecular flexibility index (Phi) is 6.86. The third kappa shape index (κ3) is 4.75. The molecule has 0 bridgehead atoms. The van der Waals surface area contributed by atoms with Crippen LogP contribution in [-0.2, 0) is 11.3 Å². The van der Waals surface area contributed by atoms with Crippen LogP contribution in [0, 0.1) is 0 Å². The number of anilines is 1. The first-order valence-corrected chi connectivity index (χ1v) is 5.93. The van der Waals surface area contributed by atoms with E-state index in [0.717, 1.165) is 17.0 Å². The second-order valence-corrected chi connectivity index (χ2v) is 3.63. The Bertz CT molecular complexity index is 369. The highest BCUT2D eigenvalue weighted by Gasteiger charge is 2.03. The normalized spacial score (nSPS) is 10.1. The summed E-state index contributed by atoms with van der Waals surface area (Å²) in [5.41, 5.74) is 12.8. The van der Waals surface area contributed by atoms with Crippen LogP contribution in [0.5, 0.6) is 5.75 Å². The molecule has 5 heteroatoms. The van der Waals surface area contributed by atoms with Crippen molar-refractivity contribution in [2.24, 2.45) is 11.5 Å². The van der Waals surface area contributed by atoms with Gasteiger partial charge in [-0.25, -0.2) is 0 Å². The van der Waals surface area contributed by atoms with Gasteiger partial charge in [0.05, 0.1) is 18.9 Å². The summed E-state index contributed by atoms with van der Waals surface area (Å²) in [5, 5.41) is 3.02. The van der Waals surface area contributed by atoms with Crippen molar-refractivity contribution in [3.05, 3.63) is 36.5 Å². The maximum Gasteiger partial charge on any atom is 0.143 e. The Morgan fingerprint density at radius 2 is 2.06 bits per heavy atom. The summed E-state index contributed by atoms with van der Waals surface area (Å²) in [5.74, 6) is 0.745. The maximum atomic E-state index is 5.65. The highest BCUT2D eigenvalue weighted by Crippen LogP contribution is 2.25. The van der Waals surface area contributed by atoms with Crippen LogP contribution in [0.4, 0.5) is 5.69 Å². The number of nitrogens with one attached hydrogen (secondary N) is 1. The number of hydrogen-bond acceptors (Lipinski definition) is 5. The number of ether oxygens (including phenoxy) is 2. The fourth-order valence-electron chi connectivity index (χ4n) is 1.44. The van der Waals surface area contributed by atoms with E-state index < -0.39 is 0 Å². The van der Waals surface area contributed by atoms with Crippen molar-refractivity contribution in [1.29, 1.82) is 0 Å². The Morgan fingerprint density at radius 1 is 1.22 bits per heavy atom. The molecule has 18 heavy (non-hydrogen) atoms. The molecule has 0 atom stereocenters. The van der Waals surface area contributed by atoms with Crippen molar-refractivity contribution in [3.63, 3.8) is 0 Å². The van der Waals surface area contributed by atoms with E-state index in [4.69, 9.17) is 20.9 Å². The highest BCUT2D eigenvalue weighted by molar-refractivity contribution is 5.59. The fourth-order valence-corrected chi connectivity index (χ4v) is 1.44. The molecule has 1 aromatic rings. The van der Waals surface area contributed by atoms with E-state index in [2.05, 4.69) is 11.9 Å². The van der Waals surface area contributed by atoms with Crippen LogP contribution in [0.25, 0.3) is 0 Å². The number of rotatable bonds is 9. The second-order valence-electron chi connectivity index (χ2n) is 3.63. The third-order valence-electron chi connectivity index (χ3n) is 2.29. The SMILES string of the molecule is C=CNc1ccc(CN)cc1OCCOCCN. The first kappa shape index (κ1) is 14.5. The minimum absolute atomic E-state index is 0.472. The summed E-state index contributed by atoms with van der Waals surface area (Å²) in [6.07, 6.45) is 1.61. The van der Waals surface area contributed by atoms with Crippen molar-refractivity contribution in [1.82, 2.24) is 0 Å². The molecule has 0 saturated carbocycles. The molecular formula is C13H21N3O2. The zero-order valence-electron chi connectivity index (χ0n) is 10.5. The minimum atomic E-state index is 0.472. The molecule has 5 N–H and O–H groups in total. The average Bonchev–Trinajstić information content (AvgIpc) is 2.40. The molecule has 0 amide bonds. The molecule has 0 aliphatic carbocycles. The van der Waals surface area contributed by atoms with Crippen LogP contribution in [0.15, 0.2) is 31.0 Å². The third-order valence-corrected chi connectivity index (χ3v) is 2.29. The number of benzene rings is 1. The molecule has 0 radical (unpaired) electrons. The van der Waals surface area contributed by atoms with Crippen LogP contribution in [0.1, 0.15) is 5.56 Å². The van der Waals surface area contributed by atoms with Gasteiger partial charge in [-0.1, -0.05) is 12.6 Å². The van der Waals surface area contributed by atoms with Gasteiger partial charge >= 0.3 is 0 Å². The summed E-state index contributed by atoms with van der Waals surface area (Å²) >= 11 is 0. The van der Waals surface area contributed by atoms with Gasteiger partial charge in [0.15, 0.2) is 0 Å². The predicted octanol–water partition coefficient (Wildman–Crippen LogP) is 1.05. The van der Waals surface area contributed by atoms with Crippen LogP contribution >= 0.6 is 0 Å². The van der Waals surface area contributed by atoms with Crippen LogP contribution in [0.2, 0.25) is 0 Å². The van der Waals surface area contributed by atoms with Crippen molar-refractivity contribution < 1.29 is 9.47 Å². The van der Waals surface area contributed by atoms with Gasteiger partial charge in [-0.15, -0.1) is 0 Å². The summed E-state index contributed by atoms with van der Waals surface area (Å²) < 4.78 is 10.9. The minimum Gasteiger partial charge on any atom is -0.489 e. The molecular weight excluding hydrogens is 230 g/mol. The molecule has 0 aliphatic heterocycles. The van der Waals surface area contributed by atoms with Gasteiger partial charge < -0.3 is 26.3 Å². The molecule has 100 valence electrons. The van der Waals surface area contributed by atoms with E-state index in [1.165, 1.54) is 0 Å². The standard InChI is InChI=1S/C13H21N3O2/c1-2-16-12-4-3-11(10-15)9-13(12)18-8-7-17-6-5-14/h2-4,9,16H,1,5-8,10,14-15H2. The van der Waals surface area contributed by atoms with E-state index in [1.807, 2.05) is 18.2 Å². The van der Waals surface area contributed by atoms with E-state index >= 15 is 0 Å². The van der Waals surface area contributed by atoms with Gasteiger partial charge in [-0.3, -0.25) is 0 Å². The lowest BCUT2D eigenvalue weighted by atomic mass is 10.2. The van der Waals surface area contributed by atoms with E-state index in [0.29, 0.717) is 32.9 Å². The Hall–Kier alpha value is -1.56. The lowest BCUT2D eigenvalue weighted by Crippen LogP contribution is -2.13. The van der Waals surface area contributed by atoms with E-state index in [-0.39, 0.29) is 0 Å². The topological polar surface area (TPSA) is 82.5 Å². The molecule has 5 nitrogen and oxygen atoms in total. The first-order valence-electron chi connectivity index (χ1n) is 5.93. The molecule has 0 fully saturated rings. The Balaban J connectivity index is 2.56. The van der Waals surface area contributed by atoms with E-state index in [1.54, 1.807) is 6.20 Å². The van der Waals surface area contributed by atoms with Crippen LogP contribution < -0.4 is 21.5 Å². The number of hydrogen-bond donors (Lipinski definition) is 3. The maximum absolute atomic E-state index is 5.65. The molecule has 0 aliphatic rings. The fraction of sp³-hybridized carbons (Fsp3) is 0.385. The smallest absolute Gasteiger partial charge is 0.143 e. The summed E-state index contributed by atoms with van der Waals surface area (Å²) in [4.78, 5) is 0. The first-order chi connectivity index (χ1) is 8.81. The molecule has 1 aromatic carbocycles. The Labute approximate surface area is 108 Å². The molecule has 0 heterocycles. The van der Waals surface area contributed by atoms with Crippen LogP contribution in [0.3, 0.4) is 0 Å². The van der Waals surface area contributed by atoms with Crippen molar-refractivity contribution in [2.75, 3.05) is 31.7 Å². The van der Waals surface area contributed by atoms with Crippen molar-refractivity contribution >= 4 is 5.69 Å². The zero-order chi connectivity index (χ0) is 13.2. The molecule has 0 spiro atoms. The van der Waals surface area contributed by atoms with Gasteiger partial charge in [0.1, 0.15) is 12.4 Å². The van der Waals surface area contributed by atoms with E-state index in [9.17, 15) is 0 Å². The quantitative estimate of drug-likeness (QED) is 0.572. The molecule has 0 saturated heterocycles. The average molecular weight is 251 g/mol. The summed E-state index contributed by atoms with van der Waals surface area (Å²) in [6, 6.07) is 5.78. The molecule has 0 unspecified atom stereocenters. The van der Waals surface area contributed by atoms with Crippen molar-refractivity contribution in [3.8, 4) is 5.75 Å². The molecule has 1 rings (SSSR count). The van der Waals surface area contributed by atoms with Gasteiger partial charge in [-0.05, 0) is 23.9 Å². The monoisotopic (exact) mass is 251 g/mol. The van der Waals surface area contributed by atoms with Crippen LogP contribution in [-0.4, -0.2) is 26.4 Å². The van der Waals surface area contributed by atoms with Gasteiger partial charge in [0, 0.05) is 13.1 Å². The van der Waals surface area contributed by atoms with Gasteiger partial charge in [-0.2, -0.15) is 0 Å². The van der Waals surface area contributed by atoms with Gasteiger partial charge in [0.2, 0.25) is 0 Å². The number of nitrogens with two attached hydrogens (primary N) is 2. The lowest BCUT2D eigenvalue weighted by Gasteiger charge is -2.12. The van der Waals surface area contributed by atoms with Gasteiger partial charge in [0.25, 0.3) is 0 Å². The predicted molar refractivity (Wildman–Crippen MR) is 73.5 cm³/mol. The largest absolute Gasteiger partial charge is 0.489 e. The molecule has 0 aromatic heterocycles.